The van der Waals surface area contributed by atoms with Crippen LogP contribution in [0.2, 0.25) is 10.0 Å². The molecule has 0 bridgehead atoms. The van der Waals surface area contributed by atoms with Crippen LogP contribution in [0, 0.1) is 0 Å². The number of nitrogens with one attached hydrogen (secondary N) is 1. The molecule has 3 aromatic carbocycles. The average Bonchev–Trinajstić information content (AvgIpc) is 3.00. The first-order chi connectivity index (χ1) is 20.1. The zero-order valence-corrected chi connectivity index (χ0v) is 26.0. The van der Waals surface area contributed by atoms with Gasteiger partial charge in [0.25, 0.3) is 10.0 Å². The van der Waals surface area contributed by atoms with Crippen molar-refractivity contribution in [2.24, 2.45) is 0 Å². The van der Waals surface area contributed by atoms with Crippen molar-refractivity contribution in [1.82, 2.24) is 10.2 Å². The number of halogens is 2. The average molecular weight is 633 g/mol. The van der Waals surface area contributed by atoms with Gasteiger partial charge in [-0.3, -0.25) is 13.9 Å². The van der Waals surface area contributed by atoms with Crippen molar-refractivity contribution in [2.75, 3.05) is 18.0 Å². The highest BCUT2D eigenvalue weighted by Gasteiger charge is 2.33. The summed E-state index contributed by atoms with van der Waals surface area (Å²) < 4.78 is 34.1. The zero-order valence-electron chi connectivity index (χ0n) is 23.6. The Morgan fingerprint density at radius 3 is 2.05 bits per heavy atom. The highest BCUT2D eigenvalue weighted by atomic mass is 35.5. The van der Waals surface area contributed by atoms with Crippen LogP contribution >= 0.6 is 23.2 Å². The lowest BCUT2D eigenvalue weighted by Crippen LogP contribution is -2.53. The number of carbonyl (C=O) groups is 2. The summed E-state index contributed by atoms with van der Waals surface area (Å²) >= 11 is 12.2. The molecule has 224 valence electrons. The Morgan fingerprint density at radius 1 is 0.905 bits per heavy atom. The third-order valence-corrected chi connectivity index (χ3v) is 9.72. The number of hydrogen-bond donors (Lipinski definition) is 1. The SMILES string of the molecule is COc1ccc(S(=O)(=O)N(CC(=O)N(Cc2ccc(Cl)cc2)[C@@H](C)C(=O)NC2CCCCC2)c2ccc(Cl)cc2)cc1. The van der Waals surface area contributed by atoms with E-state index in [9.17, 15) is 18.0 Å². The van der Waals surface area contributed by atoms with Gasteiger partial charge in [-0.1, -0.05) is 54.6 Å². The number of rotatable bonds is 11. The van der Waals surface area contributed by atoms with E-state index in [1.54, 1.807) is 67.6 Å². The lowest BCUT2D eigenvalue weighted by Gasteiger charge is -2.33. The van der Waals surface area contributed by atoms with Gasteiger partial charge >= 0.3 is 0 Å². The minimum Gasteiger partial charge on any atom is -0.497 e. The number of sulfonamides is 1. The van der Waals surface area contributed by atoms with E-state index in [-0.39, 0.29) is 29.1 Å². The monoisotopic (exact) mass is 631 g/mol. The van der Waals surface area contributed by atoms with Crippen LogP contribution in [0.15, 0.2) is 77.7 Å². The standard InChI is InChI=1S/C31H35Cl2N3O5S/c1-22(31(38)34-26-6-4-3-5-7-26)35(20-23-8-10-24(32)11-9-23)30(37)21-36(27-14-12-25(33)13-15-27)42(39,40)29-18-16-28(41-2)17-19-29/h8-19,22,26H,3-7,20-21H2,1-2H3,(H,34,38)/t22-/m0/s1. The Morgan fingerprint density at radius 2 is 1.48 bits per heavy atom. The third kappa shape index (κ3) is 7.96. The van der Waals surface area contributed by atoms with Gasteiger partial charge in [0.1, 0.15) is 18.3 Å². The normalized spacial score (nSPS) is 14.6. The van der Waals surface area contributed by atoms with Crippen molar-refractivity contribution in [3.63, 3.8) is 0 Å². The Balaban J connectivity index is 1.66. The van der Waals surface area contributed by atoms with Gasteiger partial charge in [-0.05, 0) is 86.0 Å². The van der Waals surface area contributed by atoms with E-state index in [0.717, 1.165) is 42.0 Å². The maximum absolute atomic E-state index is 14.0. The van der Waals surface area contributed by atoms with Gasteiger partial charge in [-0.25, -0.2) is 8.42 Å². The molecule has 0 aliphatic heterocycles. The summed E-state index contributed by atoms with van der Waals surface area (Å²) in [5.74, 6) is -0.321. The Kier molecular flexibility index (Phi) is 10.8. The van der Waals surface area contributed by atoms with Crippen LogP contribution in [-0.4, -0.2) is 50.9 Å². The molecule has 4 rings (SSSR count). The van der Waals surface area contributed by atoms with Gasteiger partial charge in [0, 0.05) is 22.6 Å². The molecule has 8 nitrogen and oxygen atoms in total. The van der Waals surface area contributed by atoms with E-state index in [1.165, 1.54) is 24.1 Å². The molecule has 0 saturated heterocycles. The molecule has 0 heterocycles. The Bertz CT molecular complexity index is 1460. The van der Waals surface area contributed by atoms with Crippen LogP contribution in [0.25, 0.3) is 0 Å². The molecule has 1 aliphatic rings. The number of anilines is 1. The fraction of sp³-hybridized carbons (Fsp3) is 0.355. The molecule has 0 spiro atoms. The Hall–Kier alpha value is -3.27. The summed E-state index contributed by atoms with van der Waals surface area (Å²) in [7, 11) is -2.71. The first kappa shape index (κ1) is 31.7. The highest BCUT2D eigenvalue weighted by molar-refractivity contribution is 7.92. The van der Waals surface area contributed by atoms with Gasteiger partial charge in [-0.15, -0.1) is 0 Å². The molecule has 0 aromatic heterocycles. The summed E-state index contributed by atoms with van der Waals surface area (Å²) in [6, 6.07) is 18.3. The van der Waals surface area contributed by atoms with Crippen molar-refractivity contribution in [3.05, 3.63) is 88.4 Å². The largest absolute Gasteiger partial charge is 0.497 e. The molecule has 3 aromatic rings. The molecule has 0 unspecified atom stereocenters. The molecular weight excluding hydrogens is 597 g/mol. The number of hydrogen-bond acceptors (Lipinski definition) is 5. The van der Waals surface area contributed by atoms with Crippen molar-refractivity contribution in [3.8, 4) is 5.75 Å². The second-order valence-electron chi connectivity index (χ2n) is 10.3. The van der Waals surface area contributed by atoms with Gasteiger partial charge in [0.15, 0.2) is 0 Å². The fourth-order valence-electron chi connectivity index (χ4n) is 4.95. The highest BCUT2D eigenvalue weighted by Crippen LogP contribution is 2.27. The lowest BCUT2D eigenvalue weighted by molar-refractivity contribution is -0.139. The van der Waals surface area contributed by atoms with E-state index in [4.69, 9.17) is 27.9 Å². The molecule has 1 saturated carbocycles. The molecule has 1 N–H and O–H groups in total. The third-order valence-electron chi connectivity index (χ3n) is 7.43. The van der Waals surface area contributed by atoms with E-state index in [1.807, 2.05) is 0 Å². The van der Waals surface area contributed by atoms with Gasteiger partial charge in [-0.2, -0.15) is 0 Å². The minimum atomic E-state index is -4.20. The van der Waals surface area contributed by atoms with Crippen LogP contribution in [0.4, 0.5) is 5.69 Å². The quantitative estimate of drug-likeness (QED) is 0.277. The minimum absolute atomic E-state index is 0.0154. The van der Waals surface area contributed by atoms with Crippen LogP contribution in [0.5, 0.6) is 5.75 Å². The molecule has 1 atom stereocenters. The number of amides is 2. The summed E-state index contributed by atoms with van der Waals surface area (Å²) in [4.78, 5) is 28.8. The molecule has 0 radical (unpaired) electrons. The molecular formula is C31H35Cl2N3O5S. The smallest absolute Gasteiger partial charge is 0.264 e. The van der Waals surface area contributed by atoms with Gasteiger partial charge in [0.2, 0.25) is 11.8 Å². The topological polar surface area (TPSA) is 96.0 Å². The molecule has 42 heavy (non-hydrogen) atoms. The predicted molar refractivity (Wildman–Crippen MR) is 165 cm³/mol. The van der Waals surface area contributed by atoms with E-state index < -0.39 is 28.5 Å². The van der Waals surface area contributed by atoms with E-state index >= 15 is 0 Å². The van der Waals surface area contributed by atoms with E-state index in [0.29, 0.717) is 15.8 Å². The number of ether oxygens (including phenoxy) is 1. The summed E-state index contributed by atoms with van der Waals surface area (Å²) in [6.45, 7) is 1.22. The predicted octanol–water partition coefficient (Wildman–Crippen LogP) is 6.06. The van der Waals surface area contributed by atoms with Gasteiger partial charge < -0.3 is 15.0 Å². The van der Waals surface area contributed by atoms with Crippen molar-refractivity contribution in [1.29, 1.82) is 0 Å². The number of carbonyl (C=O) groups excluding carboxylic acids is 2. The first-order valence-electron chi connectivity index (χ1n) is 13.8. The molecule has 2 amide bonds. The number of benzene rings is 3. The summed E-state index contributed by atoms with van der Waals surface area (Å²) in [5.41, 5.74) is 1.01. The van der Waals surface area contributed by atoms with Crippen molar-refractivity contribution >= 4 is 50.7 Å². The van der Waals surface area contributed by atoms with Crippen molar-refractivity contribution < 1.29 is 22.7 Å². The van der Waals surface area contributed by atoms with E-state index in [2.05, 4.69) is 5.32 Å². The molecule has 11 heteroatoms. The number of methoxy groups -OCH3 is 1. The number of nitrogens with zero attached hydrogens (tertiary/aromatic N) is 2. The molecule has 1 fully saturated rings. The summed E-state index contributed by atoms with van der Waals surface area (Å²) in [5, 5.41) is 4.06. The van der Waals surface area contributed by atoms with Crippen LogP contribution in [0.3, 0.4) is 0 Å². The summed E-state index contributed by atoms with van der Waals surface area (Å²) in [6.07, 6.45) is 5.03. The second-order valence-corrected chi connectivity index (χ2v) is 13.1. The van der Waals surface area contributed by atoms with Crippen LogP contribution in [0.1, 0.15) is 44.6 Å². The second kappa shape index (κ2) is 14.3. The van der Waals surface area contributed by atoms with Crippen LogP contribution < -0.4 is 14.4 Å². The molecule has 1 aliphatic carbocycles. The lowest BCUT2D eigenvalue weighted by atomic mass is 9.95. The maximum Gasteiger partial charge on any atom is 0.264 e. The first-order valence-corrected chi connectivity index (χ1v) is 16.0. The zero-order chi connectivity index (χ0) is 30.3. The van der Waals surface area contributed by atoms with Crippen molar-refractivity contribution in [2.45, 2.75) is 62.6 Å². The maximum atomic E-state index is 14.0. The van der Waals surface area contributed by atoms with Crippen LogP contribution in [-0.2, 0) is 26.2 Å². The Labute approximate surface area is 257 Å². The fourth-order valence-corrected chi connectivity index (χ4v) is 6.61. The van der Waals surface area contributed by atoms with Gasteiger partial charge in [0.05, 0.1) is 17.7 Å².